The van der Waals surface area contributed by atoms with Crippen LogP contribution in [0.1, 0.15) is 51.3 Å². The van der Waals surface area contributed by atoms with Crippen LogP contribution in [0.2, 0.25) is 0 Å². The molecule has 0 spiro atoms. The number of fused-ring (bicyclic) bond motifs is 1. The van der Waals surface area contributed by atoms with Gasteiger partial charge in [-0.3, -0.25) is 9.88 Å². The molecule has 2 aliphatic rings. The molecule has 0 radical (unpaired) electrons. The highest BCUT2D eigenvalue weighted by Crippen LogP contribution is 2.40. The molecule has 4 nitrogen and oxygen atoms in total. The maximum atomic E-state index is 4.83. The first-order valence-corrected chi connectivity index (χ1v) is 9.69. The summed E-state index contributed by atoms with van der Waals surface area (Å²) in [6.45, 7) is 10.3. The van der Waals surface area contributed by atoms with Gasteiger partial charge in [-0.05, 0) is 43.7 Å². The van der Waals surface area contributed by atoms with Crippen molar-refractivity contribution in [2.45, 2.75) is 53.0 Å². The number of hydrogen-bond acceptors (Lipinski definition) is 4. The molecule has 2 aromatic heterocycles. The molecule has 0 fully saturated rings. The van der Waals surface area contributed by atoms with Gasteiger partial charge < -0.3 is 0 Å². The van der Waals surface area contributed by atoms with E-state index in [2.05, 4.69) is 35.6 Å². The largest absolute Gasteiger partial charge is 0.295 e. The van der Waals surface area contributed by atoms with Gasteiger partial charge in [0.25, 0.3) is 0 Å². The Kier molecular flexibility index (Phi) is 4.62. The van der Waals surface area contributed by atoms with E-state index in [0.29, 0.717) is 5.41 Å². The molecule has 0 atom stereocenters. The van der Waals surface area contributed by atoms with Gasteiger partial charge in [-0.1, -0.05) is 25.0 Å². The molecular formula is C22H28N4. The van der Waals surface area contributed by atoms with Gasteiger partial charge in [0.1, 0.15) is 0 Å². The maximum Gasteiger partial charge on any atom is 0.159 e. The summed E-state index contributed by atoms with van der Waals surface area (Å²) < 4.78 is 0. The van der Waals surface area contributed by atoms with Crippen LogP contribution in [0.5, 0.6) is 0 Å². The van der Waals surface area contributed by atoms with E-state index in [9.17, 15) is 0 Å². The van der Waals surface area contributed by atoms with Crippen molar-refractivity contribution in [2.75, 3.05) is 13.1 Å². The fourth-order valence-electron chi connectivity index (χ4n) is 4.40. The number of allylic oxidation sites excluding steroid dienone is 1. The van der Waals surface area contributed by atoms with Gasteiger partial charge in [0.15, 0.2) is 5.82 Å². The highest BCUT2D eigenvalue weighted by molar-refractivity contribution is 5.54. The Morgan fingerprint density at radius 2 is 1.96 bits per heavy atom. The lowest BCUT2D eigenvalue weighted by molar-refractivity contribution is 0.239. The smallest absolute Gasteiger partial charge is 0.159 e. The molecule has 3 heterocycles. The fraction of sp³-hybridized carbons (Fsp3) is 0.500. The zero-order valence-electron chi connectivity index (χ0n) is 16.1. The van der Waals surface area contributed by atoms with Crippen molar-refractivity contribution in [1.29, 1.82) is 0 Å². The highest BCUT2D eigenvalue weighted by atomic mass is 15.1. The van der Waals surface area contributed by atoms with Gasteiger partial charge in [-0.25, -0.2) is 9.97 Å². The van der Waals surface area contributed by atoms with Gasteiger partial charge in [0.2, 0.25) is 0 Å². The number of pyridine rings is 1. The number of aromatic nitrogens is 3. The Morgan fingerprint density at radius 3 is 2.73 bits per heavy atom. The topological polar surface area (TPSA) is 41.9 Å². The minimum Gasteiger partial charge on any atom is -0.295 e. The lowest BCUT2D eigenvalue weighted by atomic mass is 9.72. The van der Waals surface area contributed by atoms with Crippen molar-refractivity contribution in [3.05, 3.63) is 53.1 Å². The second kappa shape index (κ2) is 6.92. The molecule has 2 aromatic rings. The third kappa shape index (κ3) is 3.43. The fourth-order valence-corrected chi connectivity index (χ4v) is 4.40. The van der Waals surface area contributed by atoms with Gasteiger partial charge in [0, 0.05) is 55.8 Å². The molecule has 26 heavy (non-hydrogen) atoms. The van der Waals surface area contributed by atoms with E-state index < -0.39 is 0 Å². The minimum absolute atomic E-state index is 0.338. The van der Waals surface area contributed by atoms with Crippen LogP contribution in [-0.2, 0) is 13.0 Å². The second-order valence-corrected chi connectivity index (χ2v) is 8.36. The van der Waals surface area contributed by atoms with E-state index in [1.165, 1.54) is 30.5 Å². The first kappa shape index (κ1) is 17.3. The molecule has 1 aliphatic heterocycles. The molecular weight excluding hydrogens is 320 g/mol. The molecule has 136 valence electrons. The van der Waals surface area contributed by atoms with E-state index in [1.807, 2.05) is 18.3 Å². The molecule has 0 amide bonds. The first-order valence-electron chi connectivity index (χ1n) is 9.69. The Hall–Kier alpha value is -2.07. The number of hydrogen-bond donors (Lipinski definition) is 0. The van der Waals surface area contributed by atoms with E-state index >= 15 is 0 Å². The van der Waals surface area contributed by atoms with Crippen LogP contribution < -0.4 is 0 Å². The summed E-state index contributed by atoms with van der Waals surface area (Å²) in [5, 5.41) is 0. The van der Waals surface area contributed by atoms with Crippen molar-refractivity contribution in [2.24, 2.45) is 5.41 Å². The summed E-state index contributed by atoms with van der Waals surface area (Å²) in [5.74, 6) is 0.812. The Bertz CT molecular complexity index is 823. The maximum absolute atomic E-state index is 4.83. The van der Waals surface area contributed by atoms with Crippen molar-refractivity contribution in [1.82, 2.24) is 19.9 Å². The van der Waals surface area contributed by atoms with Crippen LogP contribution in [0.3, 0.4) is 0 Å². The molecule has 0 bridgehead atoms. The molecule has 0 N–H and O–H groups in total. The monoisotopic (exact) mass is 348 g/mol. The van der Waals surface area contributed by atoms with Crippen LogP contribution in [-0.4, -0.2) is 32.9 Å². The number of rotatable bonds is 3. The SMILES string of the molecule is CC1=C(CN2CCc3nc(-c4ccncc4)ncc3C2)C(C)(C)CCC1. The average Bonchev–Trinajstić information content (AvgIpc) is 2.65. The van der Waals surface area contributed by atoms with Crippen molar-refractivity contribution >= 4 is 0 Å². The summed E-state index contributed by atoms with van der Waals surface area (Å²) in [4.78, 5) is 16.1. The van der Waals surface area contributed by atoms with Gasteiger partial charge in [-0.2, -0.15) is 0 Å². The number of nitrogens with zero attached hydrogens (tertiary/aromatic N) is 4. The van der Waals surface area contributed by atoms with Crippen molar-refractivity contribution in [3.8, 4) is 11.4 Å². The van der Waals surface area contributed by atoms with Crippen molar-refractivity contribution in [3.63, 3.8) is 0 Å². The van der Waals surface area contributed by atoms with Crippen LogP contribution in [0.15, 0.2) is 41.9 Å². The van der Waals surface area contributed by atoms with E-state index in [4.69, 9.17) is 4.98 Å². The molecule has 4 rings (SSSR count). The lowest BCUT2D eigenvalue weighted by Gasteiger charge is -2.38. The van der Waals surface area contributed by atoms with E-state index in [0.717, 1.165) is 37.4 Å². The Balaban J connectivity index is 1.52. The zero-order chi connectivity index (χ0) is 18.1. The summed E-state index contributed by atoms with van der Waals surface area (Å²) in [7, 11) is 0. The standard InChI is InChI=1S/C22H28N4/c1-16-5-4-9-22(2,3)19(16)15-26-12-8-20-18(14-26)13-24-21(25-20)17-6-10-23-11-7-17/h6-7,10-11,13H,4-5,8-9,12,14-15H2,1-3H3. The lowest BCUT2D eigenvalue weighted by Crippen LogP contribution is -2.36. The molecule has 0 unspecified atom stereocenters. The predicted molar refractivity (Wildman–Crippen MR) is 105 cm³/mol. The molecule has 0 saturated carbocycles. The summed E-state index contributed by atoms with van der Waals surface area (Å²) in [6, 6.07) is 3.94. The second-order valence-electron chi connectivity index (χ2n) is 8.36. The minimum atomic E-state index is 0.338. The Morgan fingerprint density at radius 1 is 1.15 bits per heavy atom. The summed E-state index contributed by atoms with van der Waals surface area (Å²) in [6.07, 6.45) is 10.5. The molecule has 4 heteroatoms. The van der Waals surface area contributed by atoms with E-state index in [-0.39, 0.29) is 0 Å². The normalized spacial score (nSPS) is 20.1. The third-order valence-corrected chi connectivity index (χ3v) is 6.02. The van der Waals surface area contributed by atoms with Crippen molar-refractivity contribution < 1.29 is 0 Å². The Labute approximate surface area is 156 Å². The third-order valence-electron chi connectivity index (χ3n) is 6.02. The molecule has 0 aromatic carbocycles. The van der Waals surface area contributed by atoms with Gasteiger partial charge >= 0.3 is 0 Å². The summed E-state index contributed by atoms with van der Waals surface area (Å²) in [5.41, 5.74) is 7.12. The van der Waals surface area contributed by atoms with Crippen LogP contribution in [0.4, 0.5) is 0 Å². The van der Waals surface area contributed by atoms with Crippen LogP contribution in [0.25, 0.3) is 11.4 Å². The highest BCUT2D eigenvalue weighted by Gasteiger charge is 2.30. The molecule has 0 saturated heterocycles. The quantitative estimate of drug-likeness (QED) is 0.770. The zero-order valence-corrected chi connectivity index (χ0v) is 16.1. The van der Waals surface area contributed by atoms with Crippen LogP contribution in [0, 0.1) is 5.41 Å². The molecule has 1 aliphatic carbocycles. The average molecular weight is 348 g/mol. The van der Waals surface area contributed by atoms with Gasteiger partial charge in [-0.15, -0.1) is 0 Å². The van der Waals surface area contributed by atoms with Crippen LogP contribution >= 0.6 is 0 Å². The van der Waals surface area contributed by atoms with Gasteiger partial charge in [0.05, 0.1) is 5.69 Å². The first-order chi connectivity index (χ1) is 12.5. The van der Waals surface area contributed by atoms with E-state index in [1.54, 1.807) is 23.5 Å². The summed E-state index contributed by atoms with van der Waals surface area (Å²) >= 11 is 0. The predicted octanol–water partition coefficient (Wildman–Crippen LogP) is 4.42.